The number of hydrogen-bond acceptors (Lipinski definition) is 2. The Labute approximate surface area is 95.8 Å². The minimum atomic E-state index is 0.429. The molecular formula is C13H29NO. The summed E-state index contributed by atoms with van der Waals surface area (Å²) in [6.45, 7) is 11.2. The summed E-state index contributed by atoms with van der Waals surface area (Å²) in [4.78, 5) is 0. The smallest absolute Gasteiger partial charge is 0.0462 e. The van der Waals surface area contributed by atoms with E-state index >= 15 is 0 Å². The molecule has 92 valence electrons. The predicted molar refractivity (Wildman–Crippen MR) is 67.3 cm³/mol. The number of hydrogen-bond donors (Lipinski definition) is 1. The normalized spacial score (nSPS) is 14.2. The molecule has 2 nitrogen and oxygen atoms in total. The highest BCUT2D eigenvalue weighted by molar-refractivity contribution is 4.75. The first-order valence-corrected chi connectivity index (χ1v) is 6.24. The second-order valence-electron chi connectivity index (χ2n) is 5.32. The largest absolute Gasteiger partial charge is 0.385 e. The van der Waals surface area contributed by atoms with E-state index in [1.54, 1.807) is 7.11 Å². The monoisotopic (exact) mass is 215 g/mol. The quantitative estimate of drug-likeness (QED) is 0.596. The summed E-state index contributed by atoms with van der Waals surface area (Å²) in [5, 5.41) is 3.55. The van der Waals surface area contributed by atoms with Crippen LogP contribution in [0.25, 0.3) is 0 Å². The molecule has 0 fully saturated rings. The van der Waals surface area contributed by atoms with E-state index in [0.717, 1.165) is 13.2 Å². The van der Waals surface area contributed by atoms with E-state index in [2.05, 4.69) is 33.0 Å². The summed E-state index contributed by atoms with van der Waals surface area (Å²) in [6.07, 6.45) is 4.88. The van der Waals surface area contributed by atoms with Crippen molar-refractivity contribution in [3.05, 3.63) is 0 Å². The van der Waals surface area contributed by atoms with E-state index in [0.29, 0.717) is 11.5 Å². The maximum atomic E-state index is 5.09. The van der Waals surface area contributed by atoms with Gasteiger partial charge in [-0.2, -0.15) is 0 Å². The standard InChI is InChI=1S/C13H29NO/c1-6-9-14-12(2)11-13(3,4)8-7-10-15-5/h12,14H,6-11H2,1-5H3. The van der Waals surface area contributed by atoms with Crippen LogP contribution in [0, 0.1) is 5.41 Å². The Morgan fingerprint density at radius 3 is 2.53 bits per heavy atom. The minimum Gasteiger partial charge on any atom is -0.385 e. The van der Waals surface area contributed by atoms with Gasteiger partial charge in [0.05, 0.1) is 0 Å². The number of rotatable bonds is 9. The van der Waals surface area contributed by atoms with Gasteiger partial charge in [0.2, 0.25) is 0 Å². The van der Waals surface area contributed by atoms with Gasteiger partial charge in [0.25, 0.3) is 0 Å². The zero-order chi connectivity index (χ0) is 11.7. The molecule has 0 bridgehead atoms. The zero-order valence-corrected chi connectivity index (χ0v) is 11.2. The molecule has 0 saturated heterocycles. The molecule has 0 aliphatic rings. The van der Waals surface area contributed by atoms with Gasteiger partial charge in [0, 0.05) is 19.8 Å². The van der Waals surface area contributed by atoms with Gasteiger partial charge in [-0.05, 0) is 44.6 Å². The second-order valence-corrected chi connectivity index (χ2v) is 5.32. The first-order valence-electron chi connectivity index (χ1n) is 6.24. The highest BCUT2D eigenvalue weighted by atomic mass is 16.5. The Kier molecular flexibility index (Phi) is 8.07. The Balaban J connectivity index is 3.69. The fourth-order valence-electron chi connectivity index (χ4n) is 2.09. The van der Waals surface area contributed by atoms with Crippen LogP contribution in [0.5, 0.6) is 0 Å². The first kappa shape index (κ1) is 14.9. The van der Waals surface area contributed by atoms with Crippen LogP contribution < -0.4 is 5.32 Å². The molecule has 0 aromatic heterocycles. The van der Waals surface area contributed by atoms with Gasteiger partial charge >= 0.3 is 0 Å². The lowest BCUT2D eigenvalue weighted by atomic mass is 9.82. The van der Waals surface area contributed by atoms with Crippen LogP contribution in [-0.2, 0) is 4.74 Å². The first-order chi connectivity index (χ1) is 7.02. The van der Waals surface area contributed by atoms with Crippen LogP contribution in [0.1, 0.15) is 53.4 Å². The van der Waals surface area contributed by atoms with Crippen LogP contribution in [0.2, 0.25) is 0 Å². The predicted octanol–water partition coefficient (Wildman–Crippen LogP) is 3.22. The Morgan fingerprint density at radius 2 is 2.00 bits per heavy atom. The van der Waals surface area contributed by atoms with E-state index in [1.165, 1.54) is 25.7 Å². The van der Waals surface area contributed by atoms with Crippen LogP contribution in [0.15, 0.2) is 0 Å². The van der Waals surface area contributed by atoms with Crippen molar-refractivity contribution in [1.82, 2.24) is 5.32 Å². The van der Waals surface area contributed by atoms with Crippen molar-refractivity contribution in [3.8, 4) is 0 Å². The summed E-state index contributed by atoms with van der Waals surface area (Å²) in [6, 6.07) is 0.627. The van der Waals surface area contributed by atoms with Crippen molar-refractivity contribution in [3.63, 3.8) is 0 Å². The van der Waals surface area contributed by atoms with Crippen LogP contribution in [-0.4, -0.2) is 26.3 Å². The second kappa shape index (κ2) is 8.12. The third-order valence-electron chi connectivity index (χ3n) is 2.80. The Hall–Kier alpha value is -0.0800. The van der Waals surface area contributed by atoms with E-state index in [4.69, 9.17) is 4.74 Å². The average Bonchev–Trinajstić information content (AvgIpc) is 2.14. The topological polar surface area (TPSA) is 21.3 Å². The highest BCUT2D eigenvalue weighted by Gasteiger charge is 2.20. The van der Waals surface area contributed by atoms with Gasteiger partial charge in [-0.25, -0.2) is 0 Å². The lowest BCUT2D eigenvalue weighted by molar-refractivity contribution is 0.168. The molecule has 15 heavy (non-hydrogen) atoms. The fourth-order valence-corrected chi connectivity index (χ4v) is 2.09. The molecule has 0 amide bonds. The third kappa shape index (κ3) is 8.88. The Morgan fingerprint density at radius 1 is 1.33 bits per heavy atom. The van der Waals surface area contributed by atoms with Crippen LogP contribution in [0.4, 0.5) is 0 Å². The lowest BCUT2D eigenvalue weighted by Crippen LogP contribution is -2.31. The van der Waals surface area contributed by atoms with E-state index in [1.807, 2.05) is 0 Å². The molecule has 0 rings (SSSR count). The molecule has 1 unspecified atom stereocenters. The highest BCUT2D eigenvalue weighted by Crippen LogP contribution is 2.28. The van der Waals surface area contributed by atoms with Gasteiger partial charge in [0.15, 0.2) is 0 Å². The van der Waals surface area contributed by atoms with Gasteiger partial charge in [-0.15, -0.1) is 0 Å². The van der Waals surface area contributed by atoms with Gasteiger partial charge < -0.3 is 10.1 Å². The summed E-state index contributed by atoms with van der Waals surface area (Å²) in [7, 11) is 1.78. The van der Waals surface area contributed by atoms with E-state index < -0.39 is 0 Å². The van der Waals surface area contributed by atoms with Crippen molar-refractivity contribution >= 4 is 0 Å². The van der Waals surface area contributed by atoms with Crippen molar-refractivity contribution in [2.45, 2.75) is 59.4 Å². The van der Waals surface area contributed by atoms with Crippen molar-refractivity contribution in [2.24, 2.45) is 5.41 Å². The Bertz CT molecular complexity index is 145. The molecule has 0 heterocycles. The molecule has 0 radical (unpaired) electrons. The van der Waals surface area contributed by atoms with E-state index in [9.17, 15) is 0 Å². The molecule has 0 aliphatic carbocycles. The van der Waals surface area contributed by atoms with Gasteiger partial charge in [-0.1, -0.05) is 20.8 Å². The molecule has 1 atom stereocenters. The zero-order valence-electron chi connectivity index (χ0n) is 11.2. The van der Waals surface area contributed by atoms with Crippen molar-refractivity contribution in [1.29, 1.82) is 0 Å². The van der Waals surface area contributed by atoms with Gasteiger partial charge in [0.1, 0.15) is 0 Å². The summed E-state index contributed by atoms with van der Waals surface area (Å²) in [5.41, 5.74) is 0.429. The summed E-state index contributed by atoms with van der Waals surface area (Å²) in [5.74, 6) is 0. The summed E-state index contributed by atoms with van der Waals surface area (Å²) >= 11 is 0. The molecule has 0 saturated carbocycles. The summed E-state index contributed by atoms with van der Waals surface area (Å²) < 4.78 is 5.09. The molecule has 0 spiro atoms. The van der Waals surface area contributed by atoms with Crippen LogP contribution >= 0.6 is 0 Å². The number of nitrogens with one attached hydrogen (secondary N) is 1. The van der Waals surface area contributed by atoms with Gasteiger partial charge in [-0.3, -0.25) is 0 Å². The van der Waals surface area contributed by atoms with E-state index in [-0.39, 0.29) is 0 Å². The molecule has 0 aromatic rings. The van der Waals surface area contributed by atoms with Crippen LogP contribution in [0.3, 0.4) is 0 Å². The molecule has 2 heteroatoms. The minimum absolute atomic E-state index is 0.429. The van der Waals surface area contributed by atoms with Crippen molar-refractivity contribution < 1.29 is 4.74 Å². The number of ether oxygens (including phenoxy) is 1. The maximum Gasteiger partial charge on any atom is 0.0462 e. The number of methoxy groups -OCH3 is 1. The molecule has 0 aromatic carbocycles. The van der Waals surface area contributed by atoms with Crippen molar-refractivity contribution in [2.75, 3.05) is 20.3 Å². The molecule has 0 aliphatic heterocycles. The third-order valence-corrected chi connectivity index (χ3v) is 2.80. The maximum absolute atomic E-state index is 5.09. The average molecular weight is 215 g/mol. The molecule has 1 N–H and O–H groups in total. The molecular weight excluding hydrogens is 186 g/mol. The SMILES string of the molecule is CCCNC(C)CC(C)(C)CCCOC. The fraction of sp³-hybridized carbons (Fsp3) is 1.00. The lowest BCUT2D eigenvalue weighted by Gasteiger charge is -2.28.